The van der Waals surface area contributed by atoms with Crippen molar-refractivity contribution < 1.29 is 4.74 Å². The van der Waals surface area contributed by atoms with Gasteiger partial charge in [0, 0.05) is 11.8 Å². The van der Waals surface area contributed by atoms with E-state index in [0.717, 1.165) is 17.3 Å². The van der Waals surface area contributed by atoms with Crippen molar-refractivity contribution in [1.29, 1.82) is 0 Å². The lowest BCUT2D eigenvalue weighted by atomic mass is 10.3. The van der Waals surface area contributed by atoms with Crippen molar-refractivity contribution in [1.82, 2.24) is 15.1 Å². The standard InChI is InChI=1S/C10H19N3OS2/c1-5-14-10-12-11-9(16-10)6-13(3)8(2)7-15-4/h8H,5-7H2,1-4H3/t8-/m0/s1. The minimum absolute atomic E-state index is 0.550. The zero-order chi connectivity index (χ0) is 12.0. The van der Waals surface area contributed by atoms with E-state index in [0.29, 0.717) is 17.8 Å². The molecule has 0 bridgehead atoms. The summed E-state index contributed by atoms with van der Waals surface area (Å²) in [5.41, 5.74) is 0. The fraction of sp³-hybridized carbons (Fsp3) is 0.800. The molecule has 0 radical (unpaired) electrons. The van der Waals surface area contributed by atoms with E-state index in [1.54, 1.807) is 0 Å². The molecule has 0 aliphatic rings. The molecule has 0 fully saturated rings. The van der Waals surface area contributed by atoms with Crippen LogP contribution >= 0.6 is 23.1 Å². The Kier molecular flexibility index (Phi) is 6.08. The van der Waals surface area contributed by atoms with Gasteiger partial charge in [0.2, 0.25) is 0 Å². The molecule has 4 nitrogen and oxygen atoms in total. The Morgan fingerprint density at radius 1 is 1.50 bits per heavy atom. The minimum Gasteiger partial charge on any atom is -0.469 e. The van der Waals surface area contributed by atoms with Crippen LogP contribution in [0.3, 0.4) is 0 Å². The van der Waals surface area contributed by atoms with Crippen LogP contribution in [0.5, 0.6) is 5.19 Å². The fourth-order valence-electron chi connectivity index (χ4n) is 1.22. The van der Waals surface area contributed by atoms with Gasteiger partial charge in [-0.05, 0) is 27.2 Å². The first-order chi connectivity index (χ1) is 7.67. The second-order valence-electron chi connectivity index (χ2n) is 3.61. The Morgan fingerprint density at radius 2 is 2.25 bits per heavy atom. The third-order valence-electron chi connectivity index (χ3n) is 2.26. The highest BCUT2D eigenvalue weighted by Crippen LogP contribution is 2.19. The predicted octanol–water partition coefficient (Wildman–Crippen LogP) is 2.12. The Balaban J connectivity index is 2.45. The Morgan fingerprint density at radius 3 is 2.88 bits per heavy atom. The molecule has 1 aromatic rings. The fourth-order valence-corrected chi connectivity index (χ4v) is 2.77. The summed E-state index contributed by atoms with van der Waals surface area (Å²) < 4.78 is 5.30. The van der Waals surface area contributed by atoms with Crippen molar-refractivity contribution in [3.8, 4) is 5.19 Å². The van der Waals surface area contributed by atoms with E-state index < -0.39 is 0 Å². The summed E-state index contributed by atoms with van der Waals surface area (Å²) in [6.45, 7) is 5.66. The van der Waals surface area contributed by atoms with Crippen LogP contribution in [0.15, 0.2) is 0 Å². The Bertz CT molecular complexity index is 306. The van der Waals surface area contributed by atoms with E-state index in [1.165, 1.54) is 11.3 Å². The van der Waals surface area contributed by atoms with Crippen LogP contribution in [0, 0.1) is 0 Å². The van der Waals surface area contributed by atoms with Gasteiger partial charge in [0.1, 0.15) is 5.01 Å². The van der Waals surface area contributed by atoms with Crippen LogP contribution in [0.2, 0.25) is 0 Å². The quantitative estimate of drug-likeness (QED) is 0.751. The van der Waals surface area contributed by atoms with Crippen LogP contribution in [0.1, 0.15) is 18.9 Å². The maximum absolute atomic E-state index is 5.30. The summed E-state index contributed by atoms with van der Waals surface area (Å²) in [6.07, 6.45) is 2.13. The third-order valence-corrected chi connectivity index (χ3v) is 3.90. The van der Waals surface area contributed by atoms with Gasteiger partial charge in [-0.15, -0.1) is 10.2 Å². The molecule has 0 saturated carbocycles. The average Bonchev–Trinajstić information content (AvgIpc) is 2.66. The first-order valence-corrected chi connectivity index (χ1v) is 7.52. The molecule has 1 heterocycles. The molecule has 0 N–H and O–H groups in total. The molecule has 0 unspecified atom stereocenters. The van der Waals surface area contributed by atoms with Crippen molar-refractivity contribution in [3.63, 3.8) is 0 Å². The molecule has 16 heavy (non-hydrogen) atoms. The lowest BCUT2D eigenvalue weighted by Gasteiger charge is -2.22. The molecule has 0 aliphatic heterocycles. The van der Waals surface area contributed by atoms with Gasteiger partial charge in [0.25, 0.3) is 5.19 Å². The predicted molar refractivity (Wildman–Crippen MR) is 70.4 cm³/mol. The van der Waals surface area contributed by atoms with E-state index in [-0.39, 0.29) is 0 Å². The van der Waals surface area contributed by atoms with Crippen LogP contribution in [0.25, 0.3) is 0 Å². The molecule has 6 heteroatoms. The van der Waals surface area contributed by atoms with Gasteiger partial charge in [0.15, 0.2) is 0 Å². The molecule has 0 amide bonds. The summed E-state index contributed by atoms with van der Waals surface area (Å²) in [4.78, 5) is 2.28. The average molecular weight is 261 g/mol. The van der Waals surface area contributed by atoms with Gasteiger partial charge >= 0.3 is 0 Å². The Labute approximate surface area is 105 Å². The van der Waals surface area contributed by atoms with Crippen molar-refractivity contribution >= 4 is 23.1 Å². The van der Waals surface area contributed by atoms with E-state index >= 15 is 0 Å². The zero-order valence-corrected chi connectivity index (χ0v) is 11.9. The van der Waals surface area contributed by atoms with Crippen LogP contribution < -0.4 is 4.74 Å². The first kappa shape index (κ1) is 13.7. The molecular formula is C10H19N3OS2. The molecule has 0 aliphatic carbocycles. The maximum Gasteiger partial charge on any atom is 0.294 e. The number of rotatable bonds is 7. The number of hydrogen-bond acceptors (Lipinski definition) is 6. The van der Waals surface area contributed by atoms with Gasteiger partial charge in [0.05, 0.1) is 13.2 Å². The molecule has 0 aromatic carbocycles. The number of nitrogens with zero attached hydrogens (tertiary/aromatic N) is 3. The molecular weight excluding hydrogens is 242 g/mol. The molecule has 0 spiro atoms. The number of thioether (sulfide) groups is 1. The number of hydrogen-bond donors (Lipinski definition) is 0. The SMILES string of the molecule is CCOc1nnc(CN(C)[C@@H](C)CSC)s1. The molecule has 1 atom stereocenters. The topological polar surface area (TPSA) is 38.3 Å². The molecule has 1 rings (SSSR count). The molecule has 92 valence electrons. The highest BCUT2D eigenvalue weighted by molar-refractivity contribution is 7.98. The Hall–Kier alpha value is -0.330. The van der Waals surface area contributed by atoms with Gasteiger partial charge in [-0.25, -0.2) is 0 Å². The smallest absolute Gasteiger partial charge is 0.294 e. The summed E-state index contributed by atoms with van der Waals surface area (Å²) in [5.74, 6) is 1.13. The van der Waals surface area contributed by atoms with Gasteiger partial charge < -0.3 is 4.74 Å². The lowest BCUT2D eigenvalue weighted by Crippen LogP contribution is -2.30. The monoisotopic (exact) mass is 261 g/mol. The van der Waals surface area contributed by atoms with Crippen molar-refractivity contribution in [2.24, 2.45) is 0 Å². The summed E-state index contributed by atoms with van der Waals surface area (Å²) in [6, 6.07) is 0.550. The van der Waals surface area contributed by atoms with E-state index in [4.69, 9.17) is 4.74 Å². The molecule has 1 aromatic heterocycles. The summed E-state index contributed by atoms with van der Waals surface area (Å²) in [7, 11) is 2.11. The third kappa shape index (κ3) is 4.27. The van der Waals surface area contributed by atoms with Gasteiger partial charge in [-0.3, -0.25) is 4.90 Å². The van der Waals surface area contributed by atoms with Crippen molar-refractivity contribution in [3.05, 3.63) is 5.01 Å². The normalized spacial score (nSPS) is 13.1. The lowest BCUT2D eigenvalue weighted by molar-refractivity contribution is 0.268. The number of aromatic nitrogens is 2. The zero-order valence-electron chi connectivity index (χ0n) is 10.3. The minimum atomic E-state index is 0.550. The number of ether oxygens (including phenoxy) is 1. The van der Waals surface area contributed by atoms with E-state index in [2.05, 4.69) is 35.3 Å². The molecule has 0 saturated heterocycles. The van der Waals surface area contributed by atoms with E-state index in [1.807, 2.05) is 18.7 Å². The maximum atomic E-state index is 5.30. The van der Waals surface area contributed by atoms with Crippen LogP contribution in [-0.4, -0.2) is 46.8 Å². The van der Waals surface area contributed by atoms with E-state index in [9.17, 15) is 0 Å². The second kappa shape index (κ2) is 7.09. The first-order valence-electron chi connectivity index (χ1n) is 5.31. The van der Waals surface area contributed by atoms with Crippen LogP contribution in [0.4, 0.5) is 0 Å². The second-order valence-corrected chi connectivity index (χ2v) is 5.55. The summed E-state index contributed by atoms with van der Waals surface area (Å²) >= 11 is 3.39. The van der Waals surface area contributed by atoms with Crippen LogP contribution in [-0.2, 0) is 6.54 Å². The van der Waals surface area contributed by atoms with Gasteiger partial charge in [-0.1, -0.05) is 11.3 Å². The largest absolute Gasteiger partial charge is 0.469 e. The summed E-state index contributed by atoms with van der Waals surface area (Å²) in [5, 5.41) is 9.77. The highest BCUT2D eigenvalue weighted by atomic mass is 32.2. The van der Waals surface area contributed by atoms with Crippen molar-refractivity contribution in [2.45, 2.75) is 26.4 Å². The van der Waals surface area contributed by atoms with Gasteiger partial charge in [-0.2, -0.15) is 11.8 Å². The van der Waals surface area contributed by atoms with Crippen molar-refractivity contribution in [2.75, 3.05) is 25.7 Å². The highest BCUT2D eigenvalue weighted by Gasteiger charge is 2.12.